The highest BCUT2D eigenvalue weighted by Crippen LogP contribution is 2.37. The first-order chi connectivity index (χ1) is 13.5. The van der Waals surface area contributed by atoms with Crippen LogP contribution in [0.15, 0.2) is 36.7 Å². The molecule has 1 aliphatic heterocycles. The van der Waals surface area contributed by atoms with Gasteiger partial charge in [-0.3, -0.25) is 10.1 Å². The molecule has 2 heterocycles. The van der Waals surface area contributed by atoms with Crippen molar-refractivity contribution in [2.45, 2.75) is 26.7 Å². The third kappa shape index (κ3) is 5.16. The predicted octanol–water partition coefficient (Wildman–Crippen LogP) is 4.07. The van der Waals surface area contributed by atoms with Crippen LogP contribution in [0.25, 0.3) is 0 Å². The number of piperidine rings is 1. The van der Waals surface area contributed by atoms with Crippen LogP contribution >= 0.6 is 0 Å². The van der Waals surface area contributed by atoms with Gasteiger partial charge < -0.3 is 14.4 Å². The Bertz CT molecular complexity index is 777. The second kappa shape index (κ2) is 9.45. The lowest BCUT2D eigenvalue weighted by Crippen LogP contribution is -2.36. The molecular weight excluding hydrogens is 360 g/mol. The minimum Gasteiger partial charge on any atom is -0.434 e. The van der Waals surface area contributed by atoms with Crippen molar-refractivity contribution >= 4 is 11.5 Å². The number of nitrogens with zero attached hydrogens (tertiary/aromatic N) is 4. The summed E-state index contributed by atoms with van der Waals surface area (Å²) in [5.41, 5.74) is -0.194. The molecule has 0 amide bonds. The Hall–Kier alpha value is -2.74. The smallest absolute Gasteiger partial charge is 0.373 e. The number of aromatic nitrogens is 2. The number of rotatable bonds is 8. The third-order valence-electron chi connectivity index (χ3n) is 4.63. The summed E-state index contributed by atoms with van der Waals surface area (Å²) in [7, 11) is 0. The van der Waals surface area contributed by atoms with E-state index < -0.39 is 4.92 Å². The molecule has 0 saturated carbocycles. The van der Waals surface area contributed by atoms with Crippen molar-refractivity contribution in [1.29, 1.82) is 0 Å². The summed E-state index contributed by atoms with van der Waals surface area (Å²) in [6, 6.07) is 8.91. The van der Waals surface area contributed by atoms with E-state index >= 15 is 0 Å². The quantitative estimate of drug-likeness (QED) is 0.499. The minimum atomic E-state index is -0.467. The molecular formula is C20H26N4O4. The lowest BCUT2D eigenvalue weighted by atomic mass is 9.97. The van der Waals surface area contributed by atoms with Gasteiger partial charge in [0.1, 0.15) is 12.1 Å². The van der Waals surface area contributed by atoms with Crippen LogP contribution < -0.4 is 9.64 Å². The summed E-state index contributed by atoms with van der Waals surface area (Å²) in [6.45, 7) is 7.15. The fourth-order valence-corrected chi connectivity index (χ4v) is 3.20. The van der Waals surface area contributed by atoms with Gasteiger partial charge in [-0.2, -0.15) is 4.98 Å². The molecule has 1 aromatic carbocycles. The van der Waals surface area contributed by atoms with Gasteiger partial charge in [0.25, 0.3) is 0 Å². The zero-order valence-electron chi connectivity index (χ0n) is 16.3. The van der Waals surface area contributed by atoms with Crippen LogP contribution in [0.4, 0.5) is 11.5 Å². The van der Waals surface area contributed by atoms with Crippen LogP contribution in [0, 0.1) is 22.0 Å². The monoisotopic (exact) mass is 386 g/mol. The van der Waals surface area contributed by atoms with Crippen molar-refractivity contribution in [3.8, 4) is 11.6 Å². The molecule has 3 rings (SSSR count). The number of nitro groups is 1. The number of benzene rings is 1. The van der Waals surface area contributed by atoms with Gasteiger partial charge in [-0.1, -0.05) is 32.0 Å². The highest BCUT2D eigenvalue weighted by Gasteiger charge is 2.31. The maximum absolute atomic E-state index is 11.7. The molecule has 0 spiro atoms. The van der Waals surface area contributed by atoms with E-state index in [1.807, 2.05) is 11.0 Å². The number of hydrogen-bond donors (Lipinski definition) is 0. The molecule has 0 aliphatic carbocycles. The number of ether oxygens (including phenoxy) is 2. The lowest BCUT2D eigenvalue weighted by Gasteiger charge is -2.32. The Morgan fingerprint density at radius 1 is 1.21 bits per heavy atom. The van der Waals surface area contributed by atoms with Crippen molar-refractivity contribution < 1.29 is 14.4 Å². The van der Waals surface area contributed by atoms with Crippen LogP contribution in [-0.2, 0) is 4.74 Å². The summed E-state index contributed by atoms with van der Waals surface area (Å²) in [4.78, 5) is 21.4. The lowest BCUT2D eigenvalue weighted by molar-refractivity contribution is -0.385. The average Bonchev–Trinajstić information content (AvgIpc) is 2.69. The molecule has 2 aromatic rings. The molecule has 0 radical (unpaired) electrons. The molecule has 150 valence electrons. The molecule has 1 aromatic heterocycles. The zero-order chi connectivity index (χ0) is 19.9. The largest absolute Gasteiger partial charge is 0.434 e. The van der Waals surface area contributed by atoms with E-state index in [-0.39, 0.29) is 11.6 Å². The highest BCUT2D eigenvalue weighted by molar-refractivity contribution is 5.63. The third-order valence-corrected chi connectivity index (χ3v) is 4.63. The molecule has 8 heteroatoms. The van der Waals surface area contributed by atoms with Gasteiger partial charge in [-0.15, -0.1) is 0 Å². The normalized spacial score (nSPS) is 15.0. The molecule has 1 fully saturated rings. The topological polar surface area (TPSA) is 90.6 Å². The molecule has 1 saturated heterocycles. The molecule has 0 unspecified atom stereocenters. The fourth-order valence-electron chi connectivity index (χ4n) is 3.20. The van der Waals surface area contributed by atoms with Crippen LogP contribution in [-0.4, -0.2) is 41.2 Å². The van der Waals surface area contributed by atoms with Gasteiger partial charge >= 0.3 is 11.6 Å². The van der Waals surface area contributed by atoms with Gasteiger partial charge in [-0.05, 0) is 36.8 Å². The molecule has 8 nitrogen and oxygen atoms in total. The average molecular weight is 386 g/mol. The maximum atomic E-state index is 11.7. The van der Waals surface area contributed by atoms with Gasteiger partial charge in [0.15, 0.2) is 0 Å². The molecule has 0 N–H and O–H groups in total. The molecule has 28 heavy (non-hydrogen) atoms. The van der Waals surface area contributed by atoms with Crippen LogP contribution in [0.5, 0.6) is 11.6 Å². The predicted molar refractivity (Wildman–Crippen MR) is 106 cm³/mol. The Kier molecular flexibility index (Phi) is 6.76. The molecule has 0 bridgehead atoms. The first-order valence-electron chi connectivity index (χ1n) is 9.59. The van der Waals surface area contributed by atoms with Crippen molar-refractivity contribution in [3.63, 3.8) is 0 Å². The standard InChI is InChI=1S/C20H26N4O4/c1-15(2)12-27-13-16-8-10-23(11-9-16)19-18(24(25)26)20(22-14-21-19)28-17-6-4-3-5-7-17/h3-7,14-16H,8-13H2,1-2H3. The Morgan fingerprint density at radius 3 is 2.57 bits per heavy atom. The SMILES string of the molecule is CC(C)COCC1CCN(c2ncnc(Oc3ccccc3)c2[N+](=O)[O-])CC1. The summed E-state index contributed by atoms with van der Waals surface area (Å²) in [5, 5.41) is 11.7. The number of para-hydroxylation sites is 1. The number of hydrogen-bond acceptors (Lipinski definition) is 7. The van der Waals surface area contributed by atoms with Gasteiger partial charge in [0, 0.05) is 26.3 Å². The van der Waals surface area contributed by atoms with E-state index in [2.05, 4.69) is 23.8 Å². The van der Waals surface area contributed by atoms with E-state index in [1.54, 1.807) is 24.3 Å². The maximum Gasteiger partial charge on any atom is 0.373 e. The first kappa shape index (κ1) is 20.0. The summed E-state index contributed by atoms with van der Waals surface area (Å²) >= 11 is 0. The Morgan fingerprint density at radius 2 is 1.93 bits per heavy atom. The van der Waals surface area contributed by atoms with Crippen LogP contribution in [0.1, 0.15) is 26.7 Å². The summed E-state index contributed by atoms with van der Waals surface area (Å²) in [6.07, 6.45) is 3.14. The first-order valence-corrected chi connectivity index (χ1v) is 9.59. The second-order valence-electron chi connectivity index (χ2n) is 7.38. The Labute approximate surface area is 164 Å². The van der Waals surface area contributed by atoms with Gasteiger partial charge in [0.2, 0.25) is 5.82 Å². The Balaban J connectivity index is 1.70. The van der Waals surface area contributed by atoms with Crippen molar-refractivity contribution in [2.75, 3.05) is 31.2 Å². The molecule has 1 aliphatic rings. The van der Waals surface area contributed by atoms with E-state index in [9.17, 15) is 10.1 Å². The molecule has 0 atom stereocenters. The summed E-state index contributed by atoms with van der Waals surface area (Å²) in [5.74, 6) is 1.76. The van der Waals surface area contributed by atoms with E-state index in [1.165, 1.54) is 6.33 Å². The van der Waals surface area contributed by atoms with Gasteiger partial charge in [-0.25, -0.2) is 4.98 Å². The fraction of sp³-hybridized carbons (Fsp3) is 0.500. The minimum absolute atomic E-state index is 0.0383. The van der Waals surface area contributed by atoms with Crippen molar-refractivity contribution in [2.24, 2.45) is 11.8 Å². The van der Waals surface area contributed by atoms with Crippen LogP contribution in [0.3, 0.4) is 0 Å². The van der Waals surface area contributed by atoms with Crippen molar-refractivity contribution in [1.82, 2.24) is 9.97 Å². The van der Waals surface area contributed by atoms with E-state index in [0.717, 1.165) is 26.1 Å². The highest BCUT2D eigenvalue weighted by atomic mass is 16.6. The number of anilines is 1. The van der Waals surface area contributed by atoms with E-state index in [4.69, 9.17) is 9.47 Å². The van der Waals surface area contributed by atoms with E-state index in [0.29, 0.717) is 36.5 Å². The summed E-state index contributed by atoms with van der Waals surface area (Å²) < 4.78 is 11.4. The van der Waals surface area contributed by atoms with Gasteiger partial charge in [0.05, 0.1) is 4.92 Å². The van der Waals surface area contributed by atoms with Crippen LogP contribution in [0.2, 0.25) is 0 Å². The zero-order valence-corrected chi connectivity index (χ0v) is 16.3. The second-order valence-corrected chi connectivity index (χ2v) is 7.38. The van der Waals surface area contributed by atoms with Crippen molar-refractivity contribution in [3.05, 3.63) is 46.8 Å².